The number of nitrogens with two attached hydrogens (primary N) is 1. The average molecular weight is 213 g/mol. The maximum absolute atomic E-state index is 11.6. The lowest BCUT2D eigenvalue weighted by Crippen LogP contribution is -2.32. The zero-order chi connectivity index (χ0) is 11.5. The Morgan fingerprint density at radius 2 is 2.27 bits per heavy atom. The van der Waals surface area contributed by atoms with Crippen LogP contribution in [0.3, 0.4) is 0 Å². The molecule has 0 amide bonds. The number of carbonyl (C=O) groups is 2. The second-order valence-corrected chi connectivity index (χ2v) is 3.43. The Hall–Kier alpha value is -1.36. The fraction of sp³-hybridized carbons (Fsp3) is 0.600. The molecule has 0 saturated heterocycles. The third-order valence-corrected chi connectivity index (χ3v) is 2.56. The van der Waals surface area contributed by atoms with Crippen LogP contribution in [-0.4, -0.2) is 32.2 Å². The van der Waals surface area contributed by atoms with Crippen LogP contribution in [0.25, 0.3) is 0 Å². The second-order valence-electron chi connectivity index (χ2n) is 3.43. The van der Waals surface area contributed by atoms with E-state index in [4.69, 9.17) is 10.5 Å². The molecule has 1 saturated carbocycles. The molecular weight excluding hydrogens is 198 g/mol. The average Bonchev–Trinajstić information content (AvgIpc) is 3.00. The van der Waals surface area contributed by atoms with Crippen molar-refractivity contribution >= 4 is 11.9 Å². The highest BCUT2D eigenvalue weighted by molar-refractivity contribution is 6.04. The van der Waals surface area contributed by atoms with Gasteiger partial charge in [0.15, 0.2) is 5.41 Å². The van der Waals surface area contributed by atoms with Gasteiger partial charge >= 0.3 is 11.9 Å². The molecule has 0 spiro atoms. The first-order chi connectivity index (χ1) is 7.13. The monoisotopic (exact) mass is 213 g/mol. The SMILES string of the molecule is C=CC1CC1(C(=O)OC)C(=O)OCCN. The van der Waals surface area contributed by atoms with Crippen LogP contribution in [0, 0.1) is 11.3 Å². The van der Waals surface area contributed by atoms with E-state index in [2.05, 4.69) is 11.3 Å². The van der Waals surface area contributed by atoms with Crippen LogP contribution < -0.4 is 5.73 Å². The number of rotatable bonds is 5. The van der Waals surface area contributed by atoms with Crippen molar-refractivity contribution in [2.75, 3.05) is 20.3 Å². The number of hydrogen-bond acceptors (Lipinski definition) is 5. The quantitative estimate of drug-likeness (QED) is 0.390. The number of carbonyl (C=O) groups excluding carboxylic acids is 2. The Morgan fingerprint density at radius 3 is 2.67 bits per heavy atom. The molecule has 15 heavy (non-hydrogen) atoms. The van der Waals surface area contributed by atoms with Crippen molar-refractivity contribution in [3.05, 3.63) is 12.7 Å². The molecule has 1 aliphatic carbocycles. The third kappa shape index (κ3) is 1.87. The summed E-state index contributed by atoms with van der Waals surface area (Å²) in [5.74, 6) is -1.31. The van der Waals surface area contributed by atoms with Crippen LogP contribution in [-0.2, 0) is 19.1 Å². The normalized spacial score (nSPS) is 28.0. The summed E-state index contributed by atoms with van der Waals surface area (Å²) in [4.78, 5) is 23.1. The van der Waals surface area contributed by atoms with E-state index in [9.17, 15) is 9.59 Å². The summed E-state index contributed by atoms with van der Waals surface area (Å²) in [5, 5.41) is 0. The molecule has 0 aliphatic heterocycles. The highest BCUT2D eigenvalue weighted by atomic mass is 16.6. The first-order valence-electron chi connectivity index (χ1n) is 4.71. The fourth-order valence-electron chi connectivity index (χ4n) is 1.59. The van der Waals surface area contributed by atoms with Gasteiger partial charge in [0.25, 0.3) is 0 Å². The molecule has 5 nitrogen and oxygen atoms in total. The first-order valence-corrected chi connectivity index (χ1v) is 4.71. The van der Waals surface area contributed by atoms with Crippen LogP contribution in [0.15, 0.2) is 12.7 Å². The molecule has 2 atom stereocenters. The first kappa shape index (κ1) is 11.7. The molecule has 0 bridgehead atoms. The van der Waals surface area contributed by atoms with Gasteiger partial charge in [-0.1, -0.05) is 6.08 Å². The van der Waals surface area contributed by atoms with Crippen LogP contribution >= 0.6 is 0 Å². The van der Waals surface area contributed by atoms with E-state index in [1.54, 1.807) is 6.08 Å². The van der Waals surface area contributed by atoms with E-state index in [1.165, 1.54) is 7.11 Å². The molecular formula is C10H15NO4. The van der Waals surface area contributed by atoms with Crippen molar-refractivity contribution in [2.45, 2.75) is 6.42 Å². The van der Waals surface area contributed by atoms with Gasteiger partial charge in [0.2, 0.25) is 0 Å². The number of hydrogen-bond donors (Lipinski definition) is 1. The molecule has 0 heterocycles. The molecule has 0 aromatic rings. The highest BCUT2D eigenvalue weighted by Gasteiger charge is 2.66. The Balaban J connectivity index is 2.72. The number of methoxy groups -OCH3 is 1. The largest absolute Gasteiger partial charge is 0.468 e. The van der Waals surface area contributed by atoms with E-state index in [1.807, 2.05) is 0 Å². The van der Waals surface area contributed by atoms with E-state index in [0.717, 1.165) is 0 Å². The Labute approximate surface area is 88.2 Å². The molecule has 2 unspecified atom stereocenters. The molecule has 1 aliphatic rings. The van der Waals surface area contributed by atoms with Crippen LogP contribution in [0.5, 0.6) is 0 Å². The number of ether oxygens (including phenoxy) is 2. The van der Waals surface area contributed by atoms with Gasteiger partial charge in [-0.3, -0.25) is 9.59 Å². The van der Waals surface area contributed by atoms with Gasteiger partial charge in [-0.15, -0.1) is 6.58 Å². The molecule has 0 aromatic carbocycles. The summed E-state index contributed by atoms with van der Waals surface area (Å²) >= 11 is 0. The van der Waals surface area contributed by atoms with Crippen molar-refractivity contribution in [3.8, 4) is 0 Å². The van der Waals surface area contributed by atoms with E-state index < -0.39 is 17.4 Å². The van der Waals surface area contributed by atoms with E-state index in [-0.39, 0.29) is 19.1 Å². The summed E-state index contributed by atoms with van der Waals surface area (Å²) in [7, 11) is 1.25. The van der Waals surface area contributed by atoms with Crippen molar-refractivity contribution in [1.82, 2.24) is 0 Å². The minimum atomic E-state index is -1.16. The topological polar surface area (TPSA) is 78.6 Å². The maximum Gasteiger partial charge on any atom is 0.324 e. The highest BCUT2D eigenvalue weighted by Crippen LogP contribution is 2.55. The van der Waals surface area contributed by atoms with E-state index >= 15 is 0 Å². The van der Waals surface area contributed by atoms with Gasteiger partial charge in [0.05, 0.1) is 7.11 Å². The second kappa shape index (κ2) is 4.44. The summed E-state index contributed by atoms with van der Waals surface area (Å²) in [6, 6.07) is 0. The van der Waals surface area contributed by atoms with E-state index in [0.29, 0.717) is 6.42 Å². The van der Waals surface area contributed by atoms with Crippen LogP contribution in [0.4, 0.5) is 0 Å². The zero-order valence-corrected chi connectivity index (χ0v) is 8.69. The fourth-order valence-corrected chi connectivity index (χ4v) is 1.59. The summed E-state index contributed by atoms with van der Waals surface area (Å²) in [6.07, 6.45) is 1.98. The lowest BCUT2D eigenvalue weighted by atomic mass is 10.0. The summed E-state index contributed by atoms with van der Waals surface area (Å²) in [5.41, 5.74) is 4.04. The molecule has 5 heteroatoms. The van der Waals surface area contributed by atoms with Gasteiger partial charge in [-0.25, -0.2) is 0 Å². The number of esters is 2. The molecule has 1 fully saturated rings. The number of allylic oxidation sites excluding steroid dienone is 1. The lowest BCUT2D eigenvalue weighted by Gasteiger charge is -2.12. The van der Waals surface area contributed by atoms with Crippen molar-refractivity contribution in [2.24, 2.45) is 17.1 Å². The van der Waals surface area contributed by atoms with Gasteiger partial charge in [-0.2, -0.15) is 0 Å². The van der Waals surface area contributed by atoms with Gasteiger partial charge in [0.1, 0.15) is 6.61 Å². The predicted octanol–water partition coefficient (Wildman–Crippen LogP) is -0.146. The zero-order valence-electron chi connectivity index (χ0n) is 8.69. The van der Waals surface area contributed by atoms with Gasteiger partial charge in [0, 0.05) is 12.5 Å². The predicted molar refractivity (Wildman–Crippen MR) is 52.8 cm³/mol. The van der Waals surface area contributed by atoms with Crippen molar-refractivity contribution < 1.29 is 19.1 Å². The van der Waals surface area contributed by atoms with Gasteiger partial charge < -0.3 is 15.2 Å². The lowest BCUT2D eigenvalue weighted by molar-refractivity contribution is -0.163. The van der Waals surface area contributed by atoms with Crippen LogP contribution in [0.2, 0.25) is 0 Å². The third-order valence-electron chi connectivity index (χ3n) is 2.56. The Bertz CT molecular complexity index is 289. The van der Waals surface area contributed by atoms with Crippen LogP contribution in [0.1, 0.15) is 6.42 Å². The van der Waals surface area contributed by atoms with Crippen molar-refractivity contribution in [1.29, 1.82) is 0 Å². The smallest absolute Gasteiger partial charge is 0.324 e. The molecule has 0 aromatic heterocycles. The molecule has 0 radical (unpaired) electrons. The maximum atomic E-state index is 11.6. The van der Waals surface area contributed by atoms with Crippen molar-refractivity contribution in [3.63, 3.8) is 0 Å². The minimum absolute atomic E-state index is 0.113. The van der Waals surface area contributed by atoms with Gasteiger partial charge in [-0.05, 0) is 6.42 Å². The minimum Gasteiger partial charge on any atom is -0.468 e. The molecule has 2 N–H and O–H groups in total. The standard InChI is InChI=1S/C10H15NO4/c1-3-7-6-10(7,8(12)14-2)9(13)15-5-4-11/h3,7H,1,4-6,11H2,2H3. The molecule has 1 rings (SSSR count). The summed E-state index contributed by atoms with van der Waals surface area (Å²) < 4.78 is 9.45. The Morgan fingerprint density at radius 1 is 1.60 bits per heavy atom. The summed E-state index contributed by atoms with van der Waals surface area (Å²) in [6.45, 7) is 3.91. The Kier molecular flexibility index (Phi) is 3.47. The molecule has 84 valence electrons.